The van der Waals surface area contributed by atoms with Crippen LogP contribution in [0.1, 0.15) is 48.6 Å². The van der Waals surface area contributed by atoms with Gasteiger partial charge in [-0.25, -0.2) is 9.97 Å². The number of benzene rings is 4. The maximum atomic E-state index is 5.40. The molecule has 0 fully saturated rings. The van der Waals surface area contributed by atoms with Crippen molar-refractivity contribution in [3.63, 3.8) is 0 Å². The van der Waals surface area contributed by atoms with Gasteiger partial charge in [-0.05, 0) is 77.9 Å². The molecule has 4 heterocycles. The Morgan fingerprint density at radius 2 is 1.55 bits per heavy atom. The van der Waals surface area contributed by atoms with Crippen LogP contribution in [-0.2, 0) is 0 Å². The number of hydrogen-bond acceptors (Lipinski definition) is 4. The molecule has 47 heavy (non-hydrogen) atoms. The number of hydrogen-bond donors (Lipinski definition) is 0. The summed E-state index contributed by atoms with van der Waals surface area (Å²) in [4.78, 5) is 15.0. The summed E-state index contributed by atoms with van der Waals surface area (Å²) in [5, 5.41) is 3.30. The molecule has 4 atom stereocenters. The molecule has 0 saturated heterocycles. The third-order valence-electron chi connectivity index (χ3n) is 11.4. The number of anilines is 2. The molecule has 230 valence electrons. The molecular weight excluding hydrogens is 607 g/mol. The molecule has 4 aromatic carbocycles. The summed E-state index contributed by atoms with van der Waals surface area (Å²) in [5.41, 5.74) is 11.6. The quantitative estimate of drug-likeness (QED) is 0.145. The van der Waals surface area contributed by atoms with E-state index in [2.05, 4.69) is 145 Å². The van der Waals surface area contributed by atoms with Crippen molar-refractivity contribution in [1.29, 1.82) is 0 Å². The lowest BCUT2D eigenvalue weighted by Crippen LogP contribution is -2.50. The second-order valence-electron chi connectivity index (χ2n) is 14.3. The van der Waals surface area contributed by atoms with E-state index in [-0.39, 0.29) is 0 Å². The van der Waals surface area contributed by atoms with E-state index in [0.717, 1.165) is 29.1 Å². The molecule has 10 rings (SSSR count). The van der Waals surface area contributed by atoms with Crippen molar-refractivity contribution in [3.8, 4) is 33.8 Å². The Hall–Kier alpha value is -4.19. The molecule has 5 aliphatic rings. The number of thioether (sulfide) groups is 1. The average molecular weight is 644 g/mol. The number of allylic oxidation sites excluding steroid dienone is 2. The number of aromatic nitrogens is 2. The van der Waals surface area contributed by atoms with Gasteiger partial charge in [0.15, 0.2) is 5.82 Å². The predicted molar refractivity (Wildman–Crippen MR) is 199 cm³/mol. The van der Waals surface area contributed by atoms with Crippen LogP contribution in [0.15, 0.2) is 120 Å². The van der Waals surface area contributed by atoms with Crippen LogP contribution in [0.4, 0.5) is 11.4 Å². The first-order valence-electron chi connectivity index (χ1n) is 17.2. The number of fused-ring (bicyclic) bond motifs is 10. The Kier molecular flexibility index (Phi) is 6.17. The highest BCUT2D eigenvalue weighted by Gasteiger charge is 2.45. The fraction of sp³-hybridized carbons (Fsp3) is 0.238. The molecule has 0 bridgehead atoms. The molecule has 0 amide bonds. The van der Waals surface area contributed by atoms with Crippen LogP contribution >= 0.6 is 11.8 Å². The Labute approximate surface area is 282 Å². The summed E-state index contributed by atoms with van der Waals surface area (Å²) in [5.74, 6) is 1.94. The molecule has 5 heteroatoms. The van der Waals surface area contributed by atoms with Crippen LogP contribution in [0.25, 0.3) is 33.8 Å². The van der Waals surface area contributed by atoms with Gasteiger partial charge in [-0.3, -0.25) is 0 Å². The fourth-order valence-corrected chi connectivity index (χ4v) is 13.7. The Balaban J connectivity index is 1.07. The van der Waals surface area contributed by atoms with Crippen molar-refractivity contribution < 1.29 is 0 Å². The normalized spacial score (nSPS) is 23.9. The summed E-state index contributed by atoms with van der Waals surface area (Å²) in [6.45, 7) is 4.87. The highest BCUT2D eigenvalue weighted by Crippen LogP contribution is 2.59. The fourth-order valence-electron chi connectivity index (χ4n) is 9.11. The van der Waals surface area contributed by atoms with Gasteiger partial charge in [0.1, 0.15) is 8.07 Å². The van der Waals surface area contributed by atoms with Crippen LogP contribution in [0.3, 0.4) is 0 Å². The van der Waals surface area contributed by atoms with Gasteiger partial charge in [0, 0.05) is 61.4 Å². The molecule has 1 aromatic heterocycles. The molecule has 0 saturated carbocycles. The van der Waals surface area contributed by atoms with E-state index in [9.17, 15) is 0 Å². The predicted octanol–water partition coefficient (Wildman–Crippen LogP) is 9.48. The van der Waals surface area contributed by atoms with Crippen molar-refractivity contribution in [2.75, 3.05) is 4.90 Å². The van der Waals surface area contributed by atoms with Gasteiger partial charge < -0.3 is 4.90 Å². The van der Waals surface area contributed by atoms with E-state index < -0.39 is 8.07 Å². The lowest BCUT2D eigenvalue weighted by atomic mass is 9.83. The van der Waals surface area contributed by atoms with Gasteiger partial charge >= 0.3 is 0 Å². The SMILES string of the molecule is C[Si]1(C)c2ccccc2-c2c(-c3ccccc3)nc(-c3ccc(N4c5ccc6c(c5C5C=CCCC54)SC4C=CCCC64)cc3)nc21. The second-order valence-corrected chi connectivity index (χ2v) is 19.7. The van der Waals surface area contributed by atoms with E-state index in [1.54, 1.807) is 16.0 Å². The molecule has 4 unspecified atom stereocenters. The molecule has 0 N–H and O–H groups in total. The minimum Gasteiger partial charge on any atom is -0.337 e. The number of rotatable bonds is 3. The third kappa shape index (κ3) is 4.06. The topological polar surface area (TPSA) is 29.0 Å². The van der Waals surface area contributed by atoms with Crippen molar-refractivity contribution in [3.05, 3.63) is 126 Å². The van der Waals surface area contributed by atoms with Crippen LogP contribution in [0.5, 0.6) is 0 Å². The maximum absolute atomic E-state index is 5.40. The molecule has 3 aliphatic heterocycles. The van der Waals surface area contributed by atoms with E-state index in [1.807, 2.05) is 0 Å². The van der Waals surface area contributed by atoms with Crippen LogP contribution < -0.4 is 15.4 Å². The summed E-state index contributed by atoms with van der Waals surface area (Å²) in [7, 11) is -1.99. The van der Waals surface area contributed by atoms with E-state index in [0.29, 0.717) is 23.1 Å². The summed E-state index contributed by atoms with van der Waals surface area (Å²) in [6.07, 6.45) is 14.6. The molecule has 0 radical (unpaired) electrons. The minimum absolute atomic E-state index is 0.451. The zero-order chi connectivity index (χ0) is 31.3. The number of nitrogens with zero attached hydrogens (tertiary/aromatic N) is 3. The average Bonchev–Trinajstić information content (AvgIpc) is 3.74. The van der Waals surface area contributed by atoms with E-state index in [4.69, 9.17) is 9.97 Å². The summed E-state index contributed by atoms with van der Waals surface area (Å²) >= 11 is 2.12. The largest absolute Gasteiger partial charge is 0.337 e. The van der Waals surface area contributed by atoms with Crippen molar-refractivity contribution in [1.82, 2.24) is 9.97 Å². The molecule has 5 aromatic rings. The Bertz CT molecular complexity index is 2130. The Morgan fingerprint density at radius 1 is 0.766 bits per heavy atom. The molecule has 0 spiro atoms. The van der Waals surface area contributed by atoms with Crippen molar-refractivity contribution in [2.24, 2.45) is 0 Å². The van der Waals surface area contributed by atoms with Crippen molar-refractivity contribution >= 4 is 41.7 Å². The van der Waals surface area contributed by atoms with Crippen LogP contribution in [-0.4, -0.2) is 29.3 Å². The zero-order valence-corrected chi connectivity index (χ0v) is 28.7. The zero-order valence-electron chi connectivity index (χ0n) is 26.9. The lowest BCUT2D eigenvalue weighted by molar-refractivity contribution is 0.561. The van der Waals surface area contributed by atoms with Crippen LogP contribution in [0.2, 0.25) is 13.1 Å². The van der Waals surface area contributed by atoms with E-state index in [1.165, 1.54) is 52.3 Å². The van der Waals surface area contributed by atoms with E-state index >= 15 is 0 Å². The monoisotopic (exact) mass is 643 g/mol. The highest BCUT2D eigenvalue weighted by molar-refractivity contribution is 8.00. The van der Waals surface area contributed by atoms with Crippen molar-refractivity contribution in [2.45, 2.75) is 66.8 Å². The smallest absolute Gasteiger partial charge is 0.159 e. The van der Waals surface area contributed by atoms with Gasteiger partial charge in [0.05, 0.1) is 5.69 Å². The first kappa shape index (κ1) is 27.9. The molecule has 2 aliphatic carbocycles. The van der Waals surface area contributed by atoms with Gasteiger partial charge in [-0.2, -0.15) is 0 Å². The summed E-state index contributed by atoms with van der Waals surface area (Å²) in [6, 6.07) is 34.1. The standard InChI is InChI=1S/C42H37N3SSi/c1-47(2)36-19-11-8-16-32(36)38-39(26-12-4-3-5-13-26)43-41(44-42(38)47)27-20-22-28(23-21-27)45-33-17-9-6-15-31(33)37-34(45)25-24-30-29-14-7-10-18-35(29)46-40(30)37/h3-6,8,10-13,15-16,18-25,29,31,33,35H,7,9,14,17H2,1-2H3. The van der Waals surface area contributed by atoms with Gasteiger partial charge in [0.25, 0.3) is 0 Å². The molecular formula is C42H37N3SSi. The van der Waals surface area contributed by atoms with Gasteiger partial charge in [-0.15, -0.1) is 11.8 Å². The summed E-state index contributed by atoms with van der Waals surface area (Å²) < 4.78 is 0. The minimum atomic E-state index is -1.99. The van der Waals surface area contributed by atoms with Crippen LogP contribution in [0, 0.1) is 0 Å². The first-order valence-corrected chi connectivity index (χ1v) is 21.1. The Morgan fingerprint density at radius 3 is 2.43 bits per heavy atom. The second kappa shape index (κ2) is 10.4. The highest BCUT2D eigenvalue weighted by atomic mass is 32.2. The first-order chi connectivity index (χ1) is 23.1. The lowest BCUT2D eigenvalue weighted by Gasteiger charge is -2.31. The third-order valence-corrected chi connectivity index (χ3v) is 16.1. The van der Waals surface area contributed by atoms with Gasteiger partial charge in [-0.1, -0.05) is 98.1 Å². The molecule has 3 nitrogen and oxygen atoms in total. The van der Waals surface area contributed by atoms with Gasteiger partial charge in [0.2, 0.25) is 0 Å². The maximum Gasteiger partial charge on any atom is 0.159 e.